The van der Waals surface area contributed by atoms with Crippen molar-refractivity contribution in [2.24, 2.45) is 0 Å². The lowest BCUT2D eigenvalue weighted by Crippen LogP contribution is -2.26. The third-order valence-electron chi connectivity index (χ3n) is 3.29. The molecule has 0 N–H and O–H groups in total. The van der Waals surface area contributed by atoms with Crippen LogP contribution in [0.5, 0.6) is 0 Å². The maximum absolute atomic E-state index is 11.4. The molecule has 5 nitrogen and oxygen atoms in total. The summed E-state index contributed by atoms with van der Waals surface area (Å²) in [7, 11) is 4.15. The lowest BCUT2D eigenvalue weighted by Gasteiger charge is -2.17. The minimum Gasteiger partial charge on any atom is -0.416 e. The van der Waals surface area contributed by atoms with Gasteiger partial charge in [0, 0.05) is 17.3 Å². The fourth-order valence-corrected chi connectivity index (χ4v) is 3.20. The first-order valence-electron chi connectivity index (χ1n) is 5.88. The van der Waals surface area contributed by atoms with Crippen molar-refractivity contribution >= 4 is 11.3 Å². The number of rotatable bonds is 4. The average Bonchev–Trinajstić information content (AvgIpc) is 2.77. The molecular weight excluding hydrogens is 250 g/mol. The Labute approximate surface area is 109 Å². The van der Waals surface area contributed by atoms with Crippen molar-refractivity contribution < 1.29 is 4.42 Å². The van der Waals surface area contributed by atoms with Gasteiger partial charge in [0.25, 0.3) is 0 Å². The number of hydrogen-bond donors (Lipinski definition) is 0. The lowest BCUT2D eigenvalue weighted by molar-refractivity contribution is 0.359. The second kappa shape index (κ2) is 4.07. The van der Waals surface area contributed by atoms with Crippen molar-refractivity contribution in [3.63, 3.8) is 0 Å². The maximum Gasteiger partial charge on any atom is 0.425 e. The molecule has 1 saturated carbocycles. The Morgan fingerprint density at radius 2 is 2.33 bits per heavy atom. The molecule has 6 heteroatoms. The van der Waals surface area contributed by atoms with Gasteiger partial charge in [-0.05, 0) is 26.9 Å². The van der Waals surface area contributed by atoms with E-state index in [4.69, 9.17) is 4.42 Å². The molecule has 0 bridgehead atoms. The molecule has 0 aromatic carbocycles. The Balaban J connectivity index is 1.91. The molecule has 0 radical (unpaired) electrons. The van der Waals surface area contributed by atoms with Gasteiger partial charge in [-0.1, -0.05) is 0 Å². The standard InChI is InChI=1S/C12H15N3O2S/c1-14(2)8-12(3-4-12)9-7-18-10(13-9)15-5-6-17-11(15)16/h5-7H,3-4,8H2,1-2H3. The normalized spacial score (nSPS) is 17.3. The molecule has 2 aromatic rings. The van der Waals surface area contributed by atoms with E-state index in [-0.39, 0.29) is 11.2 Å². The zero-order valence-corrected chi connectivity index (χ0v) is 11.2. The van der Waals surface area contributed by atoms with Gasteiger partial charge in [0.1, 0.15) is 6.26 Å². The minimum absolute atomic E-state index is 0.200. The Hall–Kier alpha value is -1.40. The zero-order valence-electron chi connectivity index (χ0n) is 10.4. The summed E-state index contributed by atoms with van der Waals surface area (Å²) in [5, 5.41) is 2.75. The smallest absolute Gasteiger partial charge is 0.416 e. The Bertz CT molecular complexity index is 607. The minimum atomic E-state index is -0.381. The molecule has 0 spiro atoms. The van der Waals surface area contributed by atoms with Gasteiger partial charge >= 0.3 is 5.76 Å². The van der Waals surface area contributed by atoms with Crippen molar-refractivity contribution in [1.29, 1.82) is 0 Å². The third kappa shape index (κ3) is 1.91. The summed E-state index contributed by atoms with van der Waals surface area (Å²) < 4.78 is 6.20. The van der Waals surface area contributed by atoms with E-state index in [1.165, 1.54) is 35.0 Å². The quantitative estimate of drug-likeness (QED) is 0.840. The van der Waals surface area contributed by atoms with Gasteiger partial charge in [-0.25, -0.2) is 14.3 Å². The topological polar surface area (TPSA) is 51.3 Å². The summed E-state index contributed by atoms with van der Waals surface area (Å²) in [4.78, 5) is 18.2. The Morgan fingerprint density at radius 3 is 2.89 bits per heavy atom. The molecule has 18 heavy (non-hydrogen) atoms. The molecule has 1 aliphatic carbocycles. The average molecular weight is 265 g/mol. The number of nitrogens with zero attached hydrogens (tertiary/aromatic N) is 3. The second-order valence-electron chi connectivity index (χ2n) is 5.07. The summed E-state index contributed by atoms with van der Waals surface area (Å²) in [6.45, 7) is 1.01. The van der Waals surface area contributed by atoms with E-state index in [0.29, 0.717) is 5.13 Å². The predicted octanol–water partition coefficient (Wildman–Crippen LogP) is 1.48. The molecule has 96 valence electrons. The number of thiazole rings is 1. The van der Waals surface area contributed by atoms with Crippen LogP contribution in [0.25, 0.3) is 5.13 Å². The van der Waals surface area contributed by atoms with E-state index < -0.39 is 0 Å². The summed E-state index contributed by atoms with van der Waals surface area (Å²) in [5.41, 5.74) is 1.30. The highest BCUT2D eigenvalue weighted by Gasteiger charge is 2.46. The SMILES string of the molecule is CN(C)CC1(c2csc(-n3ccoc3=O)n2)CC1. The number of likely N-dealkylation sites (N-methyl/N-ethyl adjacent to an activating group) is 1. The third-order valence-corrected chi connectivity index (χ3v) is 4.13. The van der Waals surface area contributed by atoms with Crippen molar-refractivity contribution in [2.45, 2.75) is 18.3 Å². The zero-order chi connectivity index (χ0) is 12.8. The molecule has 0 amide bonds. The van der Waals surface area contributed by atoms with Crippen LogP contribution in [0.1, 0.15) is 18.5 Å². The van der Waals surface area contributed by atoms with Crippen LogP contribution in [0.15, 0.2) is 27.1 Å². The van der Waals surface area contributed by atoms with Crippen molar-refractivity contribution in [3.8, 4) is 5.13 Å². The van der Waals surface area contributed by atoms with E-state index in [1.807, 2.05) is 0 Å². The molecule has 1 aliphatic rings. The van der Waals surface area contributed by atoms with Crippen molar-refractivity contribution in [3.05, 3.63) is 34.1 Å². The molecule has 0 saturated heterocycles. The molecule has 0 atom stereocenters. The van der Waals surface area contributed by atoms with Crippen LogP contribution in [0.4, 0.5) is 0 Å². The van der Waals surface area contributed by atoms with Crippen molar-refractivity contribution in [1.82, 2.24) is 14.5 Å². The van der Waals surface area contributed by atoms with E-state index in [9.17, 15) is 4.79 Å². The highest BCUT2D eigenvalue weighted by atomic mass is 32.1. The second-order valence-corrected chi connectivity index (χ2v) is 5.91. The molecule has 0 aliphatic heterocycles. The first-order chi connectivity index (χ1) is 8.61. The van der Waals surface area contributed by atoms with Crippen molar-refractivity contribution in [2.75, 3.05) is 20.6 Å². The van der Waals surface area contributed by atoms with Gasteiger partial charge in [0.2, 0.25) is 0 Å². The molecular formula is C12H15N3O2S. The van der Waals surface area contributed by atoms with Crippen LogP contribution in [0, 0.1) is 0 Å². The van der Waals surface area contributed by atoms with Crippen LogP contribution < -0.4 is 5.76 Å². The monoisotopic (exact) mass is 265 g/mol. The van der Waals surface area contributed by atoms with E-state index in [2.05, 4.69) is 29.4 Å². The van der Waals surface area contributed by atoms with E-state index in [1.54, 1.807) is 6.20 Å². The first-order valence-corrected chi connectivity index (χ1v) is 6.76. The van der Waals surface area contributed by atoms with Gasteiger partial charge in [-0.3, -0.25) is 0 Å². The van der Waals surface area contributed by atoms with E-state index >= 15 is 0 Å². The predicted molar refractivity (Wildman–Crippen MR) is 69.4 cm³/mol. The van der Waals surface area contributed by atoms with E-state index in [0.717, 1.165) is 12.2 Å². The largest absolute Gasteiger partial charge is 0.425 e. The van der Waals surface area contributed by atoms with Gasteiger partial charge in [-0.15, -0.1) is 11.3 Å². The summed E-state index contributed by atoms with van der Waals surface area (Å²) in [5.74, 6) is -0.381. The fraction of sp³-hybridized carbons (Fsp3) is 0.500. The molecule has 1 fully saturated rings. The number of hydrogen-bond acceptors (Lipinski definition) is 5. The number of aromatic nitrogens is 2. The molecule has 3 rings (SSSR count). The molecule has 2 aromatic heterocycles. The number of oxazole rings is 1. The summed E-state index contributed by atoms with van der Waals surface area (Å²) in [6, 6.07) is 0. The maximum atomic E-state index is 11.4. The van der Waals surface area contributed by atoms with Crippen LogP contribution in [-0.4, -0.2) is 35.1 Å². The highest BCUT2D eigenvalue weighted by Crippen LogP contribution is 2.48. The van der Waals surface area contributed by atoms with Gasteiger partial charge in [0.05, 0.1) is 11.9 Å². The van der Waals surface area contributed by atoms with Gasteiger partial charge in [0.15, 0.2) is 5.13 Å². The molecule has 2 heterocycles. The summed E-state index contributed by atoms with van der Waals surface area (Å²) in [6.07, 6.45) is 5.34. The van der Waals surface area contributed by atoms with Crippen LogP contribution in [0.2, 0.25) is 0 Å². The van der Waals surface area contributed by atoms with Crippen LogP contribution >= 0.6 is 11.3 Å². The van der Waals surface area contributed by atoms with Gasteiger partial charge in [-0.2, -0.15) is 0 Å². The van der Waals surface area contributed by atoms with Gasteiger partial charge < -0.3 is 9.32 Å². The fourth-order valence-electron chi connectivity index (χ4n) is 2.28. The van der Waals surface area contributed by atoms with Crippen LogP contribution in [0.3, 0.4) is 0 Å². The lowest BCUT2D eigenvalue weighted by atomic mass is 10.0. The first kappa shape index (κ1) is 11.7. The molecule has 0 unspecified atom stereocenters. The Morgan fingerprint density at radius 1 is 1.56 bits per heavy atom. The van der Waals surface area contributed by atoms with Crippen LogP contribution in [-0.2, 0) is 5.41 Å². The Kier molecular flexibility index (Phi) is 2.64. The summed E-state index contributed by atoms with van der Waals surface area (Å²) >= 11 is 1.49. The highest BCUT2D eigenvalue weighted by molar-refractivity contribution is 7.12.